The fourth-order valence-corrected chi connectivity index (χ4v) is 2.08. The first kappa shape index (κ1) is 16.4. The highest BCUT2D eigenvalue weighted by atomic mass is 16.5. The van der Waals surface area contributed by atoms with E-state index in [9.17, 15) is 0 Å². The van der Waals surface area contributed by atoms with Crippen molar-refractivity contribution in [2.45, 2.75) is 32.7 Å². The largest absolute Gasteiger partial charge is 0.383 e. The van der Waals surface area contributed by atoms with Crippen LogP contribution in [0.2, 0.25) is 0 Å². The summed E-state index contributed by atoms with van der Waals surface area (Å²) in [6.07, 6.45) is 3.68. The summed E-state index contributed by atoms with van der Waals surface area (Å²) in [5, 5.41) is 3.11. The average Bonchev–Trinajstić information content (AvgIpc) is 2.40. The van der Waals surface area contributed by atoms with Crippen molar-refractivity contribution in [1.29, 1.82) is 0 Å². The molecule has 0 aromatic carbocycles. The highest BCUT2D eigenvalue weighted by Gasteiger charge is 2.15. The maximum atomic E-state index is 5.90. The molecule has 1 rings (SSSR count). The number of aliphatic imine (C=N–C) groups is 1. The van der Waals surface area contributed by atoms with Crippen molar-refractivity contribution < 1.29 is 4.74 Å². The van der Waals surface area contributed by atoms with Crippen molar-refractivity contribution in [3.05, 3.63) is 30.1 Å². The zero-order chi connectivity index (χ0) is 15.0. The Balaban J connectivity index is 2.63. The molecule has 3 N–H and O–H groups in total. The number of guanidine groups is 1. The second-order valence-electron chi connectivity index (χ2n) is 5.36. The minimum Gasteiger partial charge on any atom is -0.383 e. The third-order valence-corrected chi connectivity index (χ3v) is 3.19. The molecule has 0 fully saturated rings. The van der Waals surface area contributed by atoms with Gasteiger partial charge < -0.3 is 15.8 Å². The Hall–Kier alpha value is -1.62. The predicted octanol–water partition coefficient (Wildman–Crippen LogP) is 1.76. The number of nitrogens with one attached hydrogen (secondary N) is 1. The van der Waals surface area contributed by atoms with Crippen LogP contribution >= 0.6 is 0 Å². The maximum absolute atomic E-state index is 5.90. The second kappa shape index (κ2) is 8.53. The summed E-state index contributed by atoms with van der Waals surface area (Å²) in [6, 6.07) is 4.20. The van der Waals surface area contributed by atoms with Gasteiger partial charge in [-0.05, 0) is 24.5 Å². The number of hydrogen-bond donors (Lipinski definition) is 2. The predicted molar refractivity (Wildman–Crippen MR) is 82.8 cm³/mol. The summed E-state index contributed by atoms with van der Waals surface area (Å²) in [7, 11) is 1.67. The van der Waals surface area contributed by atoms with Crippen LogP contribution in [0.3, 0.4) is 0 Å². The number of hydrogen-bond acceptors (Lipinski definition) is 3. The monoisotopic (exact) mass is 278 g/mol. The maximum Gasteiger partial charge on any atom is 0.188 e. The van der Waals surface area contributed by atoms with Crippen LogP contribution < -0.4 is 11.1 Å². The molecule has 2 atom stereocenters. The van der Waals surface area contributed by atoms with Gasteiger partial charge in [-0.1, -0.05) is 19.9 Å². The molecule has 0 saturated carbocycles. The Bertz CT molecular complexity index is 406. The van der Waals surface area contributed by atoms with E-state index in [-0.39, 0.29) is 6.04 Å². The van der Waals surface area contributed by atoms with Crippen LogP contribution in [0.4, 0.5) is 0 Å². The molecule has 0 aliphatic rings. The molecule has 1 aromatic rings. The van der Waals surface area contributed by atoms with Gasteiger partial charge in [-0.15, -0.1) is 0 Å². The lowest BCUT2D eigenvalue weighted by atomic mass is 9.89. The Morgan fingerprint density at radius 1 is 1.45 bits per heavy atom. The molecule has 0 radical (unpaired) electrons. The number of aromatic nitrogens is 1. The molecule has 0 bridgehead atoms. The first-order chi connectivity index (χ1) is 9.54. The van der Waals surface area contributed by atoms with Crippen LogP contribution in [0, 0.1) is 5.92 Å². The molecular weight excluding hydrogens is 252 g/mol. The average molecular weight is 278 g/mol. The van der Waals surface area contributed by atoms with Crippen molar-refractivity contribution in [1.82, 2.24) is 10.3 Å². The zero-order valence-corrected chi connectivity index (χ0v) is 12.8. The molecule has 0 amide bonds. The minimum absolute atomic E-state index is 0.152. The number of pyridine rings is 1. The summed E-state index contributed by atoms with van der Waals surface area (Å²) in [5.74, 6) is 1.26. The Kier molecular flexibility index (Phi) is 7.01. The molecule has 0 aliphatic carbocycles. The van der Waals surface area contributed by atoms with Crippen molar-refractivity contribution >= 4 is 5.96 Å². The second-order valence-corrected chi connectivity index (χ2v) is 5.36. The molecule has 112 valence electrons. The number of rotatable bonds is 7. The molecular formula is C15H26N4O. The molecule has 2 unspecified atom stereocenters. The highest BCUT2D eigenvalue weighted by Crippen LogP contribution is 2.23. The van der Waals surface area contributed by atoms with Gasteiger partial charge in [0.15, 0.2) is 5.96 Å². The lowest BCUT2D eigenvalue weighted by Crippen LogP contribution is -2.41. The summed E-state index contributed by atoms with van der Waals surface area (Å²) in [4.78, 5) is 8.62. The molecule has 1 heterocycles. The van der Waals surface area contributed by atoms with Gasteiger partial charge in [-0.3, -0.25) is 9.98 Å². The van der Waals surface area contributed by atoms with E-state index in [1.54, 1.807) is 13.3 Å². The molecule has 1 aromatic heterocycles. The van der Waals surface area contributed by atoms with E-state index in [0.29, 0.717) is 30.9 Å². The van der Waals surface area contributed by atoms with Crippen molar-refractivity contribution in [3.8, 4) is 0 Å². The quantitative estimate of drug-likeness (QED) is 0.589. The lowest BCUT2D eigenvalue weighted by Gasteiger charge is -2.20. The van der Waals surface area contributed by atoms with Crippen molar-refractivity contribution in [3.63, 3.8) is 0 Å². The summed E-state index contributed by atoms with van der Waals surface area (Å²) < 4.78 is 5.06. The lowest BCUT2D eigenvalue weighted by molar-refractivity contribution is 0.179. The molecule has 0 aliphatic heterocycles. The highest BCUT2D eigenvalue weighted by molar-refractivity contribution is 5.78. The Morgan fingerprint density at radius 3 is 2.75 bits per heavy atom. The van der Waals surface area contributed by atoms with Crippen LogP contribution in [0.5, 0.6) is 0 Å². The van der Waals surface area contributed by atoms with Gasteiger partial charge in [0.1, 0.15) is 0 Å². The molecule has 5 nitrogen and oxygen atoms in total. The van der Waals surface area contributed by atoms with Crippen molar-refractivity contribution in [2.75, 3.05) is 20.3 Å². The van der Waals surface area contributed by atoms with E-state index < -0.39 is 0 Å². The third-order valence-electron chi connectivity index (χ3n) is 3.19. The summed E-state index contributed by atoms with van der Waals surface area (Å²) in [5.41, 5.74) is 7.10. The van der Waals surface area contributed by atoms with Gasteiger partial charge in [0.05, 0.1) is 6.61 Å². The van der Waals surface area contributed by atoms with Crippen molar-refractivity contribution in [2.24, 2.45) is 16.6 Å². The standard InChI is InChI=1S/C15H26N4O/c1-11(2)14(13-6-5-7-17-8-13)9-18-15(16)19-12(3)10-20-4/h5-8,11-12,14H,9-10H2,1-4H3,(H3,16,18,19). The van der Waals surface area contributed by atoms with E-state index in [4.69, 9.17) is 10.5 Å². The van der Waals surface area contributed by atoms with E-state index >= 15 is 0 Å². The van der Waals surface area contributed by atoms with Gasteiger partial charge in [0.2, 0.25) is 0 Å². The summed E-state index contributed by atoms with van der Waals surface area (Å²) in [6.45, 7) is 7.63. The third kappa shape index (κ3) is 5.57. The van der Waals surface area contributed by atoms with Crippen LogP contribution in [-0.4, -0.2) is 37.2 Å². The molecule has 0 saturated heterocycles. The van der Waals surface area contributed by atoms with E-state index in [0.717, 1.165) is 0 Å². The van der Waals surface area contributed by atoms with Crippen LogP contribution in [0.25, 0.3) is 0 Å². The smallest absolute Gasteiger partial charge is 0.188 e. The SMILES string of the molecule is COCC(C)NC(N)=NCC(c1cccnc1)C(C)C. The van der Waals surface area contributed by atoms with E-state index in [1.165, 1.54) is 5.56 Å². The van der Waals surface area contributed by atoms with Crippen LogP contribution in [0.1, 0.15) is 32.3 Å². The first-order valence-corrected chi connectivity index (χ1v) is 7.00. The normalized spacial score (nSPS) is 15.2. The number of ether oxygens (including phenoxy) is 1. The zero-order valence-electron chi connectivity index (χ0n) is 12.8. The molecule has 20 heavy (non-hydrogen) atoms. The fraction of sp³-hybridized carbons (Fsp3) is 0.600. The topological polar surface area (TPSA) is 72.5 Å². The Morgan fingerprint density at radius 2 is 2.20 bits per heavy atom. The number of methoxy groups -OCH3 is 1. The summed E-state index contributed by atoms with van der Waals surface area (Å²) >= 11 is 0. The fourth-order valence-electron chi connectivity index (χ4n) is 2.08. The molecule has 0 spiro atoms. The van der Waals surface area contributed by atoms with Gasteiger partial charge in [0.25, 0.3) is 0 Å². The minimum atomic E-state index is 0.152. The van der Waals surface area contributed by atoms with E-state index in [2.05, 4.69) is 35.2 Å². The van der Waals surface area contributed by atoms with E-state index in [1.807, 2.05) is 19.2 Å². The molecule has 5 heteroatoms. The van der Waals surface area contributed by atoms with Crippen LogP contribution in [0.15, 0.2) is 29.5 Å². The van der Waals surface area contributed by atoms with Gasteiger partial charge in [0, 0.05) is 38.0 Å². The first-order valence-electron chi connectivity index (χ1n) is 7.00. The van der Waals surface area contributed by atoms with Gasteiger partial charge in [-0.2, -0.15) is 0 Å². The number of nitrogens with zero attached hydrogens (tertiary/aromatic N) is 2. The van der Waals surface area contributed by atoms with Gasteiger partial charge in [-0.25, -0.2) is 0 Å². The van der Waals surface area contributed by atoms with Gasteiger partial charge >= 0.3 is 0 Å². The number of nitrogens with two attached hydrogens (primary N) is 1. The van der Waals surface area contributed by atoms with Crippen LogP contribution in [-0.2, 0) is 4.74 Å². The Labute approximate surface area is 121 Å².